The molecule has 32 heavy (non-hydrogen) atoms. The van der Waals surface area contributed by atoms with E-state index >= 15 is 0 Å². The Bertz CT molecular complexity index is 1140. The molecule has 1 heterocycles. The Hall–Kier alpha value is -3.29. The minimum atomic E-state index is -2.98. The smallest absolute Gasteiger partial charge is 0.267 e. The van der Waals surface area contributed by atoms with Crippen molar-refractivity contribution < 1.29 is 18.4 Å². The molecule has 0 spiro atoms. The van der Waals surface area contributed by atoms with Gasteiger partial charge in [-0.05, 0) is 49.5 Å². The van der Waals surface area contributed by atoms with E-state index in [0.29, 0.717) is 49.0 Å². The molecule has 0 bridgehead atoms. The molecule has 1 unspecified atom stereocenters. The number of primary amides is 1. The van der Waals surface area contributed by atoms with Crippen molar-refractivity contribution >= 4 is 17.9 Å². The molecule has 1 saturated carbocycles. The fraction of sp³-hybridized carbons (Fsp3) is 0.375. The average Bonchev–Trinajstić information content (AvgIpc) is 2.77. The highest BCUT2D eigenvalue weighted by atomic mass is 19.3. The van der Waals surface area contributed by atoms with Crippen molar-refractivity contribution in [2.75, 3.05) is 0 Å². The van der Waals surface area contributed by atoms with Crippen molar-refractivity contribution in [3.63, 3.8) is 0 Å². The van der Waals surface area contributed by atoms with Crippen LogP contribution in [0.2, 0.25) is 0 Å². The number of fused-ring (bicyclic) bond motifs is 1. The molecule has 6 nitrogen and oxygen atoms in total. The molecular weight excluding hydrogens is 416 g/mol. The number of carbonyl (C=O) groups excluding carboxylic acids is 2. The van der Waals surface area contributed by atoms with Crippen molar-refractivity contribution in [2.45, 2.75) is 57.0 Å². The molecular formula is C24H25F2N3O3. The zero-order valence-corrected chi connectivity index (χ0v) is 17.6. The van der Waals surface area contributed by atoms with Crippen LogP contribution in [0.25, 0.3) is 6.08 Å². The van der Waals surface area contributed by atoms with Crippen LogP contribution in [-0.2, 0) is 13.0 Å². The topological polar surface area (TPSA) is 94.2 Å². The molecule has 3 N–H and O–H groups in total. The van der Waals surface area contributed by atoms with Gasteiger partial charge in [0.15, 0.2) is 5.43 Å². The minimum absolute atomic E-state index is 0.130. The van der Waals surface area contributed by atoms with Gasteiger partial charge in [-0.3, -0.25) is 14.4 Å². The maximum atomic E-state index is 14.2. The summed E-state index contributed by atoms with van der Waals surface area (Å²) in [6.45, 7) is 0.339. The summed E-state index contributed by atoms with van der Waals surface area (Å²) in [5.74, 6) is -4.28. The summed E-state index contributed by atoms with van der Waals surface area (Å²) in [5.41, 5.74) is 7.16. The molecule has 168 valence electrons. The molecule has 0 radical (unpaired) electrons. The van der Waals surface area contributed by atoms with Gasteiger partial charge in [0, 0.05) is 36.0 Å². The molecule has 2 aliphatic rings. The van der Waals surface area contributed by atoms with Gasteiger partial charge in [0.25, 0.3) is 11.8 Å². The summed E-state index contributed by atoms with van der Waals surface area (Å²) in [5, 5.41) is 2.41. The first-order chi connectivity index (χ1) is 15.3. The first-order valence-electron chi connectivity index (χ1n) is 10.8. The molecule has 0 aliphatic heterocycles. The third kappa shape index (κ3) is 4.35. The van der Waals surface area contributed by atoms with Crippen LogP contribution in [0.3, 0.4) is 0 Å². The highest BCUT2D eigenvalue weighted by Gasteiger charge is 2.42. The van der Waals surface area contributed by atoms with Gasteiger partial charge in [0.2, 0.25) is 5.91 Å². The molecule has 2 aliphatic carbocycles. The number of allylic oxidation sites excluding steroid dienone is 1. The largest absolute Gasteiger partial charge is 0.366 e. The van der Waals surface area contributed by atoms with Gasteiger partial charge in [-0.25, -0.2) is 8.78 Å². The number of nitrogens with two attached hydrogens (primary N) is 1. The number of carbonyl (C=O) groups is 2. The quantitative estimate of drug-likeness (QED) is 0.746. The number of hydrogen-bond donors (Lipinski definition) is 2. The van der Waals surface area contributed by atoms with Crippen molar-refractivity contribution in [1.82, 2.24) is 9.88 Å². The number of aromatic nitrogens is 1. The molecule has 1 fully saturated rings. The van der Waals surface area contributed by atoms with Crippen LogP contribution in [0.15, 0.2) is 41.3 Å². The number of nitrogens with one attached hydrogen (secondary N) is 1. The Morgan fingerprint density at radius 2 is 1.94 bits per heavy atom. The number of amides is 2. The normalized spacial score (nSPS) is 19.2. The highest BCUT2D eigenvalue weighted by molar-refractivity contribution is 5.94. The van der Waals surface area contributed by atoms with Crippen LogP contribution in [0.5, 0.6) is 0 Å². The van der Waals surface area contributed by atoms with Crippen molar-refractivity contribution in [3.05, 3.63) is 74.7 Å². The lowest BCUT2D eigenvalue weighted by Gasteiger charge is -2.31. The second-order valence-electron chi connectivity index (χ2n) is 8.40. The SMILES string of the molecule is NC(=O)c1ccc(Cn2cc(C(=O)NC3CCCCC3(F)F)c(=O)c3c2C=CCC3)cc1. The number of nitrogens with zero attached hydrogens (tertiary/aromatic N) is 1. The number of rotatable bonds is 5. The summed E-state index contributed by atoms with van der Waals surface area (Å²) in [7, 11) is 0. The van der Waals surface area contributed by atoms with Gasteiger partial charge in [-0.2, -0.15) is 0 Å². The molecule has 2 amide bonds. The fourth-order valence-corrected chi connectivity index (χ4v) is 4.37. The van der Waals surface area contributed by atoms with Crippen molar-refractivity contribution in [3.8, 4) is 0 Å². The van der Waals surface area contributed by atoms with Gasteiger partial charge in [-0.15, -0.1) is 0 Å². The van der Waals surface area contributed by atoms with E-state index in [-0.39, 0.29) is 18.4 Å². The third-order valence-electron chi connectivity index (χ3n) is 6.16. The number of benzene rings is 1. The Kier molecular flexibility index (Phi) is 5.95. The molecule has 1 atom stereocenters. The van der Waals surface area contributed by atoms with E-state index in [1.165, 1.54) is 6.20 Å². The summed E-state index contributed by atoms with van der Waals surface area (Å²) in [6.07, 6.45) is 7.34. The summed E-state index contributed by atoms with van der Waals surface area (Å²) < 4.78 is 30.2. The van der Waals surface area contributed by atoms with E-state index in [4.69, 9.17) is 5.73 Å². The number of alkyl halides is 2. The first-order valence-corrected chi connectivity index (χ1v) is 10.8. The lowest BCUT2D eigenvalue weighted by atomic mass is 9.91. The van der Waals surface area contributed by atoms with Crippen LogP contribution >= 0.6 is 0 Å². The molecule has 1 aromatic heterocycles. The van der Waals surface area contributed by atoms with E-state index in [2.05, 4.69) is 5.32 Å². The maximum Gasteiger partial charge on any atom is 0.267 e. The Balaban J connectivity index is 1.67. The van der Waals surface area contributed by atoms with Crippen molar-refractivity contribution in [2.24, 2.45) is 5.73 Å². The predicted molar refractivity (Wildman–Crippen MR) is 117 cm³/mol. The van der Waals surface area contributed by atoms with Crippen LogP contribution in [-0.4, -0.2) is 28.3 Å². The van der Waals surface area contributed by atoms with Gasteiger partial charge < -0.3 is 15.6 Å². The number of hydrogen-bond acceptors (Lipinski definition) is 3. The molecule has 1 aromatic carbocycles. The second-order valence-corrected chi connectivity index (χ2v) is 8.40. The van der Waals surface area contributed by atoms with E-state index < -0.39 is 29.2 Å². The van der Waals surface area contributed by atoms with Gasteiger partial charge in [-0.1, -0.05) is 24.6 Å². The Labute approximate surface area is 184 Å². The maximum absolute atomic E-state index is 14.2. The zero-order chi connectivity index (χ0) is 22.9. The lowest BCUT2D eigenvalue weighted by molar-refractivity contribution is -0.0609. The minimum Gasteiger partial charge on any atom is -0.366 e. The van der Waals surface area contributed by atoms with Gasteiger partial charge in [0.1, 0.15) is 5.56 Å². The average molecular weight is 441 g/mol. The first kappa shape index (κ1) is 21.9. The number of pyridine rings is 1. The Morgan fingerprint density at radius 3 is 2.62 bits per heavy atom. The Morgan fingerprint density at radius 1 is 1.19 bits per heavy atom. The lowest BCUT2D eigenvalue weighted by Crippen LogP contribution is -2.50. The van der Waals surface area contributed by atoms with Crippen molar-refractivity contribution in [1.29, 1.82) is 0 Å². The number of halogens is 2. The van der Waals surface area contributed by atoms with E-state index in [1.54, 1.807) is 28.8 Å². The van der Waals surface area contributed by atoms with Crippen LogP contribution in [0, 0.1) is 0 Å². The zero-order valence-electron chi connectivity index (χ0n) is 17.6. The van der Waals surface area contributed by atoms with Crippen LogP contribution in [0.4, 0.5) is 8.78 Å². The van der Waals surface area contributed by atoms with E-state index in [9.17, 15) is 23.2 Å². The van der Waals surface area contributed by atoms with Gasteiger partial charge >= 0.3 is 0 Å². The van der Waals surface area contributed by atoms with E-state index in [1.807, 2.05) is 12.2 Å². The summed E-state index contributed by atoms with van der Waals surface area (Å²) in [4.78, 5) is 37.2. The van der Waals surface area contributed by atoms with E-state index in [0.717, 1.165) is 5.56 Å². The highest BCUT2D eigenvalue weighted by Crippen LogP contribution is 2.33. The monoisotopic (exact) mass is 441 g/mol. The van der Waals surface area contributed by atoms with Crippen LogP contribution < -0.4 is 16.5 Å². The third-order valence-corrected chi connectivity index (χ3v) is 6.16. The molecule has 2 aromatic rings. The van der Waals surface area contributed by atoms with Gasteiger partial charge in [0.05, 0.1) is 6.04 Å². The fourth-order valence-electron chi connectivity index (χ4n) is 4.37. The predicted octanol–water partition coefficient (Wildman–Crippen LogP) is 3.26. The molecule has 4 rings (SSSR count). The summed E-state index contributed by atoms with van der Waals surface area (Å²) in [6, 6.07) is 5.45. The van der Waals surface area contributed by atoms with Crippen LogP contribution in [0.1, 0.15) is 69.6 Å². The molecule has 8 heteroatoms. The summed E-state index contributed by atoms with van der Waals surface area (Å²) >= 11 is 0. The molecule has 0 saturated heterocycles. The standard InChI is InChI=1S/C24H25F2N3O3/c25-24(26)12-4-3-7-20(24)28-23(32)18-14-29(19-6-2-1-5-17(19)21(18)30)13-15-8-10-16(11-9-15)22(27)31/h2,6,8-11,14,20H,1,3-5,7,12-13H2,(H2,27,31)(H,28,32). The second kappa shape index (κ2) is 8.68.